The van der Waals surface area contributed by atoms with Crippen LogP contribution in [-0.4, -0.2) is 24.4 Å². The summed E-state index contributed by atoms with van der Waals surface area (Å²) in [5, 5.41) is 9.57. The lowest BCUT2D eigenvalue weighted by Crippen LogP contribution is -2.25. The summed E-state index contributed by atoms with van der Waals surface area (Å²) in [5.74, 6) is 0.770. The van der Waals surface area contributed by atoms with E-state index in [1.807, 2.05) is 17.5 Å². The minimum absolute atomic E-state index is 0.0285. The van der Waals surface area contributed by atoms with Gasteiger partial charge in [-0.25, -0.2) is 13.1 Å². The van der Waals surface area contributed by atoms with Crippen molar-refractivity contribution >= 4 is 21.4 Å². The van der Waals surface area contributed by atoms with Crippen molar-refractivity contribution in [2.24, 2.45) is 0 Å². The second-order valence-corrected chi connectivity index (χ2v) is 6.49. The molecular formula is C10H13N3O3S2. The van der Waals surface area contributed by atoms with E-state index in [-0.39, 0.29) is 18.2 Å². The van der Waals surface area contributed by atoms with Gasteiger partial charge < -0.3 is 4.42 Å². The van der Waals surface area contributed by atoms with Gasteiger partial charge in [0.15, 0.2) is 0 Å². The number of sulfonamides is 1. The molecule has 2 aromatic heterocycles. The van der Waals surface area contributed by atoms with Crippen molar-refractivity contribution in [2.75, 3.05) is 5.75 Å². The average Bonchev–Trinajstić information content (AvgIpc) is 2.97. The molecule has 1 N–H and O–H groups in total. The molecule has 0 atom stereocenters. The molecular weight excluding hydrogens is 274 g/mol. The molecule has 0 radical (unpaired) electrons. The third-order valence-corrected chi connectivity index (χ3v) is 4.50. The molecule has 0 bridgehead atoms. The fourth-order valence-corrected chi connectivity index (χ4v) is 3.01. The highest BCUT2D eigenvalue weighted by atomic mass is 32.2. The maximum absolute atomic E-state index is 11.4. The van der Waals surface area contributed by atoms with Crippen LogP contribution in [0.3, 0.4) is 0 Å². The average molecular weight is 287 g/mol. The summed E-state index contributed by atoms with van der Waals surface area (Å²) in [6.45, 7) is 1.83. The van der Waals surface area contributed by atoms with Gasteiger partial charge in [-0.2, -0.15) is 0 Å². The predicted octanol–water partition coefficient (Wildman–Crippen LogP) is 1.63. The van der Waals surface area contributed by atoms with Crippen LogP contribution in [0.4, 0.5) is 0 Å². The van der Waals surface area contributed by atoms with Crippen molar-refractivity contribution < 1.29 is 12.8 Å². The lowest BCUT2D eigenvalue weighted by atomic mass is 10.5. The molecule has 6 nitrogen and oxygen atoms in total. The highest BCUT2D eigenvalue weighted by Crippen LogP contribution is 2.22. The molecule has 18 heavy (non-hydrogen) atoms. The van der Waals surface area contributed by atoms with Crippen LogP contribution in [0.2, 0.25) is 0 Å². The number of hydrogen-bond donors (Lipinski definition) is 1. The highest BCUT2D eigenvalue weighted by Gasteiger charge is 2.13. The molecule has 0 aromatic carbocycles. The summed E-state index contributed by atoms with van der Waals surface area (Å²) < 4.78 is 30.7. The van der Waals surface area contributed by atoms with Gasteiger partial charge in [0.05, 0.1) is 17.2 Å². The fourth-order valence-electron chi connectivity index (χ4n) is 1.34. The quantitative estimate of drug-likeness (QED) is 0.872. The van der Waals surface area contributed by atoms with Gasteiger partial charge in [-0.3, -0.25) is 0 Å². The van der Waals surface area contributed by atoms with Gasteiger partial charge in [0.1, 0.15) is 0 Å². The first-order valence-corrected chi connectivity index (χ1v) is 7.97. The molecule has 0 aliphatic rings. The van der Waals surface area contributed by atoms with E-state index in [4.69, 9.17) is 4.42 Å². The van der Waals surface area contributed by atoms with Crippen molar-refractivity contribution in [1.29, 1.82) is 0 Å². The molecule has 0 spiro atoms. The van der Waals surface area contributed by atoms with Gasteiger partial charge >= 0.3 is 0 Å². The van der Waals surface area contributed by atoms with Crippen LogP contribution in [-0.2, 0) is 16.6 Å². The van der Waals surface area contributed by atoms with Crippen LogP contribution in [0.1, 0.15) is 19.2 Å². The van der Waals surface area contributed by atoms with Crippen molar-refractivity contribution in [3.8, 4) is 10.8 Å². The number of hydrogen-bond acceptors (Lipinski definition) is 6. The maximum atomic E-state index is 11.4. The van der Waals surface area contributed by atoms with Crippen LogP contribution in [0, 0.1) is 0 Å². The number of aromatic nitrogens is 2. The van der Waals surface area contributed by atoms with Gasteiger partial charge in [0.25, 0.3) is 5.89 Å². The Kier molecular flexibility index (Phi) is 4.10. The first kappa shape index (κ1) is 13.2. The highest BCUT2D eigenvalue weighted by molar-refractivity contribution is 7.89. The van der Waals surface area contributed by atoms with Gasteiger partial charge in [-0.05, 0) is 17.9 Å². The molecule has 2 aromatic rings. The summed E-state index contributed by atoms with van der Waals surface area (Å²) in [6, 6.07) is 3.75. The van der Waals surface area contributed by atoms with E-state index >= 15 is 0 Å². The van der Waals surface area contributed by atoms with E-state index in [0.717, 1.165) is 4.88 Å². The largest absolute Gasteiger partial charge is 0.418 e. The van der Waals surface area contributed by atoms with E-state index in [2.05, 4.69) is 14.9 Å². The topological polar surface area (TPSA) is 85.1 Å². The Morgan fingerprint density at radius 2 is 2.28 bits per heavy atom. The first-order valence-electron chi connectivity index (χ1n) is 5.44. The minimum Gasteiger partial charge on any atom is -0.418 e. The van der Waals surface area contributed by atoms with Crippen LogP contribution >= 0.6 is 11.3 Å². The fraction of sp³-hybridized carbons (Fsp3) is 0.400. The number of rotatable bonds is 6. The molecule has 8 heteroatoms. The zero-order valence-corrected chi connectivity index (χ0v) is 11.4. The number of nitrogens with one attached hydrogen (secondary N) is 1. The molecule has 0 fully saturated rings. The third kappa shape index (κ3) is 3.37. The zero-order chi connectivity index (χ0) is 13.0. The van der Waals surface area contributed by atoms with Crippen LogP contribution in [0.5, 0.6) is 0 Å². The van der Waals surface area contributed by atoms with E-state index in [9.17, 15) is 8.42 Å². The monoisotopic (exact) mass is 287 g/mol. The maximum Gasteiger partial charge on any atom is 0.257 e. The molecule has 98 valence electrons. The van der Waals surface area contributed by atoms with Crippen molar-refractivity contribution in [3.05, 3.63) is 23.4 Å². The van der Waals surface area contributed by atoms with Crippen LogP contribution in [0.25, 0.3) is 10.8 Å². The molecule has 0 aliphatic carbocycles. The van der Waals surface area contributed by atoms with E-state index < -0.39 is 10.0 Å². The number of nitrogens with zero attached hydrogens (tertiary/aromatic N) is 2. The van der Waals surface area contributed by atoms with E-state index in [1.165, 1.54) is 11.3 Å². The van der Waals surface area contributed by atoms with Gasteiger partial charge in [-0.1, -0.05) is 13.0 Å². The lowest BCUT2D eigenvalue weighted by molar-refractivity contribution is 0.495. The molecule has 2 rings (SSSR count). The molecule has 0 amide bonds. The Bertz CT molecular complexity index is 590. The van der Waals surface area contributed by atoms with Crippen LogP contribution in [0.15, 0.2) is 21.9 Å². The SMILES string of the molecule is CCCS(=O)(=O)NCc1nnc(-c2cccs2)o1. The lowest BCUT2D eigenvalue weighted by Gasteiger charge is -2.01. The summed E-state index contributed by atoms with van der Waals surface area (Å²) in [7, 11) is -3.25. The second-order valence-electron chi connectivity index (χ2n) is 3.62. The molecule has 2 heterocycles. The van der Waals surface area contributed by atoms with Crippen LogP contribution < -0.4 is 4.72 Å². The Morgan fingerprint density at radius 1 is 1.44 bits per heavy atom. The zero-order valence-electron chi connectivity index (χ0n) is 9.79. The van der Waals surface area contributed by atoms with Crippen molar-refractivity contribution in [1.82, 2.24) is 14.9 Å². The van der Waals surface area contributed by atoms with Gasteiger partial charge in [0.2, 0.25) is 15.9 Å². The smallest absolute Gasteiger partial charge is 0.257 e. The van der Waals surface area contributed by atoms with Gasteiger partial charge in [-0.15, -0.1) is 21.5 Å². The summed E-state index contributed by atoms with van der Waals surface area (Å²) in [4.78, 5) is 0.866. The molecule has 0 unspecified atom stereocenters. The summed E-state index contributed by atoms with van der Waals surface area (Å²) >= 11 is 1.49. The standard InChI is InChI=1S/C10H13N3O3S2/c1-2-6-18(14,15)11-7-9-12-13-10(16-9)8-4-3-5-17-8/h3-5,11H,2,6-7H2,1H3. The Labute approximate surface area is 109 Å². The van der Waals surface area contributed by atoms with E-state index in [1.54, 1.807) is 6.92 Å². The minimum atomic E-state index is -3.25. The van der Waals surface area contributed by atoms with E-state index in [0.29, 0.717) is 12.3 Å². The Hall–Kier alpha value is -1.25. The Balaban J connectivity index is 2.00. The van der Waals surface area contributed by atoms with Crippen molar-refractivity contribution in [3.63, 3.8) is 0 Å². The third-order valence-electron chi connectivity index (χ3n) is 2.11. The van der Waals surface area contributed by atoms with Gasteiger partial charge in [0, 0.05) is 0 Å². The summed E-state index contributed by atoms with van der Waals surface area (Å²) in [5.41, 5.74) is 0. The van der Waals surface area contributed by atoms with Crippen molar-refractivity contribution in [2.45, 2.75) is 19.9 Å². The molecule has 0 saturated heterocycles. The molecule has 0 aliphatic heterocycles. The number of thiophene rings is 1. The second kappa shape index (κ2) is 5.59. The molecule has 0 saturated carbocycles. The first-order chi connectivity index (χ1) is 8.61. The summed E-state index contributed by atoms with van der Waals surface area (Å²) in [6.07, 6.45) is 0.569. The predicted molar refractivity (Wildman–Crippen MR) is 68.5 cm³/mol. The normalized spacial score (nSPS) is 11.8. The Morgan fingerprint density at radius 3 is 2.94 bits per heavy atom.